The maximum Gasteiger partial charge on any atom is 0.266 e. The van der Waals surface area contributed by atoms with Crippen LogP contribution in [0.3, 0.4) is 0 Å². The molecule has 1 N–H and O–H groups in total. The number of ether oxygens (including phenoxy) is 1. The van der Waals surface area contributed by atoms with E-state index in [2.05, 4.69) is 22.0 Å². The standard InChI is InChI=1S/C23H25N3O3S/c1-15-12-17(13-16(2)21(15)27)14-20-22(28)25(3)23(30-20)24-18-4-6-19(7-5-18)26-8-10-29-11-9-26/h4-7,12-14,27H,8-11H2,1-3H3. The number of morpholine rings is 1. The fraction of sp³-hybridized carbons (Fsp3) is 0.304. The highest BCUT2D eigenvalue weighted by molar-refractivity contribution is 8.18. The average molecular weight is 424 g/mol. The summed E-state index contributed by atoms with van der Waals surface area (Å²) in [4.78, 5) is 21.9. The van der Waals surface area contributed by atoms with Crippen LogP contribution < -0.4 is 4.90 Å². The highest BCUT2D eigenvalue weighted by Gasteiger charge is 2.30. The van der Waals surface area contributed by atoms with Crippen LogP contribution in [0.4, 0.5) is 11.4 Å². The normalized spacial score (nSPS) is 19.9. The van der Waals surface area contributed by atoms with E-state index in [0.29, 0.717) is 15.8 Å². The summed E-state index contributed by atoms with van der Waals surface area (Å²) in [5.41, 5.74) is 4.44. The van der Waals surface area contributed by atoms with Crippen molar-refractivity contribution in [2.24, 2.45) is 4.99 Å². The molecule has 2 fully saturated rings. The fourth-order valence-electron chi connectivity index (χ4n) is 3.55. The van der Waals surface area contributed by atoms with Gasteiger partial charge in [-0.25, -0.2) is 4.99 Å². The number of amidine groups is 1. The van der Waals surface area contributed by atoms with E-state index in [1.165, 1.54) is 11.8 Å². The van der Waals surface area contributed by atoms with Gasteiger partial charge in [-0.1, -0.05) is 0 Å². The zero-order valence-corrected chi connectivity index (χ0v) is 18.2. The van der Waals surface area contributed by atoms with Gasteiger partial charge in [-0.2, -0.15) is 0 Å². The molecular formula is C23H25N3O3S. The highest BCUT2D eigenvalue weighted by atomic mass is 32.2. The van der Waals surface area contributed by atoms with Crippen LogP contribution in [0.25, 0.3) is 6.08 Å². The summed E-state index contributed by atoms with van der Waals surface area (Å²) >= 11 is 1.36. The van der Waals surface area contributed by atoms with Gasteiger partial charge >= 0.3 is 0 Å². The molecule has 2 heterocycles. The number of nitrogens with zero attached hydrogens (tertiary/aromatic N) is 3. The Morgan fingerprint density at radius 2 is 1.73 bits per heavy atom. The van der Waals surface area contributed by atoms with E-state index in [4.69, 9.17) is 4.74 Å². The summed E-state index contributed by atoms with van der Waals surface area (Å²) in [6, 6.07) is 11.8. The number of amides is 1. The van der Waals surface area contributed by atoms with Gasteiger partial charge in [0.15, 0.2) is 5.17 Å². The largest absolute Gasteiger partial charge is 0.507 e. The molecule has 4 rings (SSSR count). The van der Waals surface area contributed by atoms with E-state index < -0.39 is 0 Å². The molecular weight excluding hydrogens is 398 g/mol. The number of phenols is 1. The van der Waals surface area contributed by atoms with Crippen LogP contribution in [0.15, 0.2) is 46.3 Å². The first kappa shape index (κ1) is 20.5. The maximum atomic E-state index is 12.7. The summed E-state index contributed by atoms with van der Waals surface area (Å²) in [5.74, 6) is 0.217. The molecule has 0 aromatic heterocycles. The predicted octanol–water partition coefficient (Wildman–Crippen LogP) is 4.08. The molecule has 156 valence electrons. The van der Waals surface area contributed by atoms with Gasteiger partial charge in [0, 0.05) is 25.8 Å². The minimum Gasteiger partial charge on any atom is -0.507 e. The van der Waals surface area contributed by atoms with Gasteiger partial charge in [0.2, 0.25) is 0 Å². The molecule has 0 saturated carbocycles. The molecule has 0 bridgehead atoms. The van der Waals surface area contributed by atoms with E-state index in [9.17, 15) is 9.90 Å². The highest BCUT2D eigenvalue weighted by Crippen LogP contribution is 2.34. The Balaban J connectivity index is 1.54. The molecule has 0 radical (unpaired) electrons. The molecule has 0 atom stereocenters. The van der Waals surface area contributed by atoms with Crippen LogP contribution in [0.1, 0.15) is 16.7 Å². The molecule has 7 heteroatoms. The zero-order valence-electron chi connectivity index (χ0n) is 17.4. The van der Waals surface area contributed by atoms with Crippen molar-refractivity contribution in [2.75, 3.05) is 38.3 Å². The number of hydrogen-bond acceptors (Lipinski definition) is 6. The van der Waals surface area contributed by atoms with Crippen molar-refractivity contribution in [3.8, 4) is 5.75 Å². The second-order valence-corrected chi connectivity index (χ2v) is 8.50. The Morgan fingerprint density at radius 3 is 2.37 bits per heavy atom. The molecule has 0 unspecified atom stereocenters. The second-order valence-electron chi connectivity index (χ2n) is 7.49. The first-order chi connectivity index (χ1) is 14.4. The van der Waals surface area contributed by atoms with Gasteiger partial charge in [0.05, 0.1) is 23.8 Å². The number of anilines is 1. The summed E-state index contributed by atoms with van der Waals surface area (Å²) in [6.45, 7) is 7.00. The number of benzene rings is 2. The number of aryl methyl sites for hydroxylation is 2. The van der Waals surface area contributed by atoms with E-state index in [1.54, 1.807) is 11.9 Å². The third-order valence-electron chi connectivity index (χ3n) is 5.27. The minimum atomic E-state index is -0.0768. The van der Waals surface area contributed by atoms with Crippen molar-refractivity contribution < 1.29 is 14.6 Å². The molecule has 1 amide bonds. The quantitative estimate of drug-likeness (QED) is 0.754. The third-order valence-corrected chi connectivity index (χ3v) is 6.33. The van der Waals surface area contributed by atoms with Crippen molar-refractivity contribution >= 4 is 40.3 Å². The number of hydrogen-bond donors (Lipinski definition) is 1. The monoisotopic (exact) mass is 423 g/mol. The Kier molecular flexibility index (Phi) is 5.83. The first-order valence-electron chi connectivity index (χ1n) is 9.91. The third kappa shape index (κ3) is 4.22. The van der Waals surface area contributed by atoms with E-state index in [-0.39, 0.29) is 5.91 Å². The van der Waals surface area contributed by atoms with Crippen molar-refractivity contribution in [3.63, 3.8) is 0 Å². The summed E-state index contributed by atoms with van der Waals surface area (Å²) < 4.78 is 5.41. The first-order valence-corrected chi connectivity index (χ1v) is 10.7. The lowest BCUT2D eigenvalue weighted by Crippen LogP contribution is -2.36. The smallest absolute Gasteiger partial charge is 0.266 e. The van der Waals surface area contributed by atoms with Gasteiger partial charge in [-0.05, 0) is 84.8 Å². The van der Waals surface area contributed by atoms with Gasteiger partial charge in [-0.15, -0.1) is 0 Å². The van der Waals surface area contributed by atoms with Crippen molar-refractivity contribution in [1.29, 1.82) is 0 Å². The molecule has 2 aromatic rings. The Hall–Kier alpha value is -2.77. The lowest BCUT2D eigenvalue weighted by molar-refractivity contribution is -0.121. The number of carbonyl (C=O) groups is 1. The number of aliphatic imine (C=N–C) groups is 1. The van der Waals surface area contributed by atoms with Crippen LogP contribution in [-0.2, 0) is 9.53 Å². The van der Waals surface area contributed by atoms with Crippen LogP contribution in [0.2, 0.25) is 0 Å². The number of likely N-dealkylation sites (N-methyl/N-ethyl adjacent to an activating group) is 1. The number of phenolic OH excluding ortho intramolecular Hbond substituents is 1. The number of rotatable bonds is 3. The van der Waals surface area contributed by atoms with E-state index in [0.717, 1.165) is 54.4 Å². The fourth-order valence-corrected chi connectivity index (χ4v) is 4.53. The Labute approximate surface area is 180 Å². The molecule has 2 aliphatic heterocycles. The van der Waals surface area contributed by atoms with Crippen LogP contribution >= 0.6 is 11.8 Å². The number of aromatic hydroxyl groups is 1. The molecule has 2 saturated heterocycles. The summed E-state index contributed by atoms with van der Waals surface area (Å²) in [5, 5.41) is 10.6. The Bertz CT molecular complexity index is 1000. The lowest BCUT2D eigenvalue weighted by Gasteiger charge is -2.28. The Morgan fingerprint density at radius 1 is 1.10 bits per heavy atom. The molecule has 2 aromatic carbocycles. The molecule has 30 heavy (non-hydrogen) atoms. The van der Waals surface area contributed by atoms with Gasteiger partial charge in [-0.3, -0.25) is 9.69 Å². The summed E-state index contributed by atoms with van der Waals surface area (Å²) in [6.07, 6.45) is 1.85. The molecule has 0 spiro atoms. The predicted molar refractivity (Wildman–Crippen MR) is 122 cm³/mol. The van der Waals surface area contributed by atoms with Crippen molar-refractivity contribution in [1.82, 2.24) is 4.90 Å². The minimum absolute atomic E-state index is 0.0768. The SMILES string of the molecule is Cc1cc(C=C2SC(=Nc3ccc(N4CCOCC4)cc3)N(C)C2=O)cc(C)c1O. The van der Waals surface area contributed by atoms with Crippen LogP contribution in [0, 0.1) is 13.8 Å². The van der Waals surface area contributed by atoms with Gasteiger partial charge in [0.1, 0.15) is 5.75 Å². The second kappa shape index (κ2) is 8.53. The lowest BCUT2D eigenvalue weighted by atomic mass is 10.1. The number of carbonyl (C=O) groups excluding carboxylic acids is 1. The topological polar surface area (TPSA) is 65.4 Å². The van der Waals surface area contributed by atoms with E-state index >= 15 is 0 Å². The number of thioether (sulfide) groups is 1. The van der Waals surface area contributed by atoms with Crippen molar-refractivity contribution in [2.45, 2.75) is 13.8 Å². The zero-order chi connectivity index (χ0) is 21.3. The van der Waals surface area contributed by atoms with Crippen LogP contribution in [0.5, 0.6) is 5.75 Å². The van der Waals surface area contributed by atoms with Gasteiger partial charge < -0.3 is 14.7 Å². The van der Waals surface area contributed by atoms with E-state index in [1.807, 2.05) is 44.2 Å². The average Bonchev–Trinajstić information content (AvgIpc) is 3.01. The molecule has 6 nitrogen and oxygen atoms in total. The molecule has 2 aliphatic rings. The summed E-state index contributed by atoms with van der Waals surface area (Å²) in [7, 11) is 1.74. The molecule has 0 aliphatic carbocycles. The van der Waals surface area contributed by atoms with Crippen LogP contribution in [-0.4, -0.2) is 54.4 Å². The maximum absolute atomic E-state index is 12.7. The van der Waals surface area contributed by atoms with Gasteiger partial charge in [0.25, 0.3) is 5.91 Å². The van der Waals surface area contributed by atoms with Crippen molar-refractivity contribution in [3.05, 3.63) is 58.0 Å².